The molecule has 3 unspecified atom stereocenters. The van der Waals surface area contributed by atoms with Crippen molar-refractivity contribution in [3.63, 3.8) is 0 Å². The molecule has 1 amide bonds. The van der Waals surface area contributed by atoms with Crippen LogP contribution >= 0.6 is 0 Å². The van der Waals surface area contributed by atoms with Gasteiger partial charge in [0, 0.05) is 24.1 Å². The van der Waals surface area contributed by atoms with Crippen LogP contribution in [0.2, 0.25) is 0 Å². The molecule has 2 N–H and O–H groups in total. The van der Waals surface area contributed by atoms with Crippen molar-refractivity contribution < 1.29 is 28.9 Å². The molecule has 3 heterocycles. The summed E-state index contributed by atoms with van der Waals surface area (Å²) >= 11 is 0. The Bertz CT molecular complexity index is 2060. The van der Waals surface area contributed by atoms with Gasteiger partial charge in [0.15, 0.2) is 17.3 Å². The number of hydrogen-bond donors (Lipinski definition) is 2. The summed E-state index contributed by atoms with van der Waals surface area (Å²) in [6.07, 6.45) is 9.96. The molecule has 0 bridgehead atoms. The van der Waals surface area contributed by atoms with E-state index in [0.29, 0.717) is 12.2 Å². The third-order valence-corrected chi connectivity index (χ3v) is 9.64. The molecule has 53 heavy (non-hydrogen) atoms. The van der Waals surface area contributed by atoms with E-state index in [4.69, 9.17) is 14.2 Å². The molecule has 12 nitrogen and oxygen atoms in total. The number of esters is 1. The number of nitrogens with zero attached hydrogens (tertiary/aromatic N) is 4. The molecule has 2 aromatic heterocycles. The maximum atomic E-state index is 13.3. The van der Waals surface area contributed by atoms with Crippen molar-refractivity contribution in [2.75, 3.05) is 13.2 Å². The Labute approximate surface area is 308 Å². The molecule has 1 fully saturated rings. The fraction of sp³-hybridized carbons (Fsp3) is 0.390. The maximum Gasteiger partial charge on any atom is 0.408 e. The highest BCUT2D eigenvalue weighted by atomic mass is 16.6. The van der Waals surface area contributed by atoms with Crippen LogP contribution in [0.4, 0.5) is 4.79 Å². The molecule has 2 aromatic carbocycles. The lowest BCUT2D eigenvalue weighted by Crippen LogP contribution is -2.36. The zero-order chi connectivity index (χ0) is 37.5. The number of aliphatic hydroxyl groups is 1. The van der Waals surface area contributed by atoms with Crippen LogP contribution < -0.4 is 10.9 Å². The minimum absolute atomic E-state index is 0.179. The Morgan fingerprint density at radius 2 is 1.57 bits per heavy atom. The van der Waals surface area contributed by atoms with Gasteiger partial charge in [-0.3, -0.25) is 18.7 Å². The molecule has 1 aliphatic heterocycles. The first-order chi connectivity index (χ1) is 25.6. The van der Waals surface area contributed by atoms with Crippen LogP contribution in [-0.4, -0.2) is 61.6 Å². The Balaban J connectivity index is 1.01. The summed E-state index contributed by atoms with van der Waals surface area (Å²) in [4.78, 5) is 47.8. The summed E-state index contributed by atoms with van der Waals surface area (Å²) in [6, 6.07) is 15.4. The predicted octanol–water partition coefficient (Wildman–Crippen LogP) is 6.70. The van der Waals surface area contributed by atoms with Gasteiger partial charge in [-0.15, -0.1) is 0 Å². The van der Waals surface area contributed by atoms with Gasteiger partial charge in [-0.05, 0) is 64.5 Å². The van der Waals surface area contributed by atoms with Crippen molar-refractivity contribution in [1.29, 1.82) is 0 Å². The predicted molar refractivity (Wildman–Crippen MR) is 201 cm³/mol. The fourth-order valence-electron chi connectivity index (χ4n) is 6.78. The summed E-state index contributed by atoms with van der Waals surface area (Å²) in [6.45, 7) is 7.98. The number of fused-ring (bicyclic) bond motifs is 4. The second-order valence-corrected chi connectivity index (χ2v) is 13.9. The molecule has 0 saturated carbocycles. The van der Waals surface area contributed by atoms with Gasteiger partial charge < -0.3 is 24.6 Å². The zero-order valence-electron chi connectivity index (χ0n) is 30.7. The average molecular weight is 722 g/mol. The number of amides is 1. The number of alkyl carbamates (subject to hydrolysis) is 1. The lowest BCUT2D eigenvalue weighted by Gasteiger charge is -2.18. The summed E-state index contributed by atoms with van der Waals surface area (Å²) in [5.41, 5.74) is 7.87. The second kappa shape index (κ2) is 17.0. The number of imidazole rings is 1. The van der Waals surface area contributed by atoms with Crippen LogP contribution in [0.15, 0.2) is 101 Å². The van der Waals surface area contributed by atoms with Gasteiger partial charge in [-0.1, -0.05) is 83.5 Å². The number of benzene rings is 2. The molecule has 2 aliphatic rings. The standard InChI is InChI=1S/C41H47N5O7/c1-26(2)11-9-12-27(3)13-10-14-28(4)19-20-45-24-44-39-37(40(45)49)43-25-46(39)35-21-33(34(23-47)51-35)52-36(48)22-42-41(50)53-38-31-17-7-5-15-29(31)30-16-6-8-18-32(30)38/h5-8,11,13,15-19,24-25,33-35,38,47H,9-10,12,14,20-23H2,1-4H3,(H,42,50). The molecule has 1 saturated heterocycles. The number of ether oxygens (including phenoxy) is 3. The Morgan fingerprint density at radius 3 is 2.25 bits per heavy atom. The molecule has 6 rings (SSSR count). The van der Waals surface area contributed by atoms with Crippen molar-refractivity contribution in [3.8, 4) is 11.1 Å². The molecule has 278 valence electrons. The van der Waals surface area contributed by atoms with Crippen LogP contribution in [-0.2, 0) is 25.5 Å². The molecule has 4 aromatic rings. The Kier molecular flexibility index (Phi) is 12.0. The molecule has 0 radical (unpaired) electrons. The van der Waals surface area contributed by atoms with E-state index in [-0.39, 0.29) is 17.5 Å². The quantitative estimate of drug-likeness (QED) is 0.107. The highest BCUT2D eigenvalue weighted by molar-refractivity contribution is 5.81. The van der Waals surface area contributed by atoms with Gasteiger partial charge in [0.25, 0.3) is 5.56 Å². The molecular weight excluding hydrogens is 674 g/mol. The number of hydrogen-bond acceptors (Lipinski definition) is 9. The average Bonchev–Trinajstić information content (AvgIpc) is 3.85. The van der Waals surface area contributed by atoms with E-state index in [2.05, 4.69) is 55.1 Å². The number of aliphatic hydroxyl groups excluding tert-OH is 1. The van der Waals surface area contributed by atoms with Gasteiger partial charge in [-0.2, -0.15) is 0 Å². The van der Waals surface area contributed by atoms with E-state index in [0.717, 1.165) is 47.9 Å². The number of rotatable bonds is 14. The third-order valence-electron chi connectivity index (χ3n) is 9.64. The molecule has 12 heteroatoms. The first kappa shape index (κ1) is 37.4. The monoisotopic (exact) mass is 721 g/mol. The number of aromatic nitrogens is 4. The van der Waals surface area contributed by atoms with E-state index in [1.54, 1.807) is 4.57 Å². The smallest absolute Gasteiger partial charge is 0.408 e. The van der Waals surface area contributed by atoms with Crippen LogP contribution in [0, 0.1) is 0 Å². The van der Waals surface area contributed by atoms with Crippen molar-refractivity contribution in [3.05, 3.63) is 118 Å². The third kappa shape index (κ3) is 8.83. The fourth-order valence-corrected chi connectivity index (χ4v) is 6.78. The highest BCUT2D eigenvalue weighted by Crippen LogP contribution is 2.45. The minimum atomic E-state index is -0.829. The lowest BCUT2D eigenvalue weighted by molar-refractivity contribution is -0.151. The largest absolute Gasteiger partial charge is 0.458 e. The van der Waals surface area contributed by atoms with Crippen LogP contribution in [0.3, 0.4) is 0 Å². The van der Waals surface area contributed by atoms with Crippen LogP contribution in [0.25, 0.3) is 22.3 Å². The van der Waals surface area contributed by atoms with Crippen molar-refractivity contribution >= 4 is 23.2 Å². The molecule has 3 atom stereocenters. The van der Waals surface area contributed by atoms with Gasteiger partial charge in [-0.25, -0.2) is 14.8 Å². The van der Waals surface area contributed by atoms with Gasteiger partial charge in [0.05, 0.1) is 12.9 Å². The number of carbonyl (C=O) groups excluding carboxylic acids is 2. The summed E-state index contributed by atoms with van der Waals surface area (Å²) in [5, 5.41) is 12.5. The van der Waals surface area contributed by atoms with Crippen molar-refractivity contribution in [1.82, 2.24) is 24.4 Å². The number of allylic oxidation sites excluding steroid dienone is 6. The second-order valence-electron chi connectivity index (χ2n) is 13.9. The minimum Gasteiger partial charge on any atom is -0.458 e. The maximum absolute atomic E-state index is 13.3. The van der Waals surface area contributed by atoms with Crippen molar-refractivity contribution in [2.45, 2.75) is 90.9 Å². The van der Waals surface area contributed by atoms with E-state index in [1.165, 1.54) is 33.9 Å². The SMILES string of the molecule is CC(C)=CCCC(C)=CCCC(C)=CCn1cnc2c(ncn2C2CC(OC(=O)CNC(=O)OC3c4ccccc4-c4ccccc43)C(CO)O2)c1=O. The van der Waals surface area contributed by atoms with E-state index in [1.807, 2.05) is 54.6 Å². The van der Waals surface area contributed by atoms with Gasteiger partial charge >= 0.3 is 12.1 Å². The number of carbonyl (C=O) groups is 2. The van der Waals surface area contributed by atoms with Crippen molar-refractivity contribution in [2.24, 2.45) is 0 Å². The number of nitrogens with one attached hydrogen (secondary N) is 1. The van der Waals surface area contributed by atoms with E-state index in [9.17, 15) is 19.5 Å². The zero-order valence-corrected chi connectivity index (χ0v) is 30.7. The Hall–Kier alpha value is -5.33. The van der Waals surface area contributed by atoms with E-state index < -0.39 is 49.8 Å². The molecule has 1 aliphatic carbocycles. The van der Waals surface area contributed by atoms with E-state index >= 15 is 0 Å². The van der Waals surface area contributed by atoms with Gasteiger partial charge in [0.2, 0.25) is 0 Å². The van der Waals surface area contributed by atoms with Crippen LogP contribution in [0.5, 0.6) is 0 Å². The normalized spacial score (nSPS) is 18.5. The lowest BCUT2D eigenvalue weighted by atomic mass is 10.1. The topological polar surface area (TPSA) is 147 Å². The highest BCUT2D eigenvalue weighted by Gasteiger charge is 2.39. The first-order valence-corrected chi connectivity index (χ1v) is 18.1. The first-order valence-electron chi connectivity index (χ1n) is 18.1. The van der Waals surface area contributed by atoms with Crippen LogP contribution in [0.1, 0.15) is 83.3 Å². The van der Waals surface area contributed by atoms with Gasteiger partial charge in [0.1, 0.15) is 31.3 Å². The summed E-state index contributed by atoms with van der Waals surface area (Å²) < 4.78 is 20.5. The molecular formula is C41H47N5O7. The summed E-state index contributed by atoms with van der Waals surface area (Å²) in [7, 11) is 0. The molecule has 0 spiro atoms. The summed E-state index contributed by atoms with van der Waals surface area (Å²) in [5.74, 6) is -0.715. The Morgan fingerprint density at radius 1 is 0.906 bits per heavy atom.